The van der Waals surface area contributed by atoms with Crippen LogP contribution >= 0.6 is 0 Å². The average Bonchev–Trinajstić information content (AvgIpc) is 2.87. The molecule has 32 heavy (non-hydrogen) atoms. The van der Waals surface area contributed by atoms with Crippen LogP contribution in [0.3, 0.4) is 0 Å². The smallest absolute Gasteiger partial charge is 0.118 e. The van der Waals surface area contributed by atoms with Crippen molar-refractivity contribution < 1.29 is 4.74 Å². The van der Waals surface area contributed by atoms with Crippen molar-refractivity contribution in [1.82, 2.24) is 0 Å². The third-order valence-corrected chi connectivity index (χ3v) is 5.54. The van der Waals surface area contributed by atoms with E-state index in [4.69, 9.17) is 4.74 Å². The highest BCUT2D eigenvalue weighted by Crippen LogP contribution is 2.30. The highest BCUT2D eigenvalue weighted by atomic mass is 16.5. The molecule has 5 rings (SSSR count). The van der Waals surface area contributed by atoms with Crippen LogP contribution in [0.25, 0.3) is 32.7 Å². The molecule has 0 unspecified atom stereocenters. The molecule has 1 nitrogen and oxygen atoms in total. The van der Waals surface area contributed by atoms with Gasteiger partial charge in [-0.2, -0.15) is 0 Å². The van der Waals surface area contributed by atoms with Gasteiger partial charge in [0.2, 0.25) is 0 Å². The predicted molar refractivity (Wildman–Crippen MR) is 134 cm³/mol. The van der Waals surface area contributed by atoms with Gasteiger partial charge in [-0.25, -0.2) is 0 Å². The van der Waals surface area contributed by atoms with Crippen LogP contribution in [0.15, 0.2) is 103 Å². The van der Waals surface area contributed by atoms with Gasteiger partial charge in [-0.3, -0.25) is 0 Å². The lowest BCUT2D eigenvalue weighted by Gasteiger charge is -2.08. The van der Waals surface area contributed by atoms with Gasteiger partial charge in [0.1, 0.15) is 5.75 Å². The summed E-state index contributed by atoms with van der Waals surface area (Å²) in [5, 5.41) is 5.02. The van der Waals surface area contributed by atoms with E-state index in [1.807, 2.05) is 42.5 Å². The second-order valence-corrected chi connectivity index (χ2v) is 7.50. The number of fused-ring (bicyclic) bond motifs is 3. The third kappa shape index (κ3) is 3.93. The number of benzene rings is 5. The Balaban J connectivity index is 1.49. The summed E-state index contributed by atoms with van der Waals surface area (Å²) in [6.45, 7) is 0. The fourth-order valence-electron chi connectivity index (χ4n) is 3.90. The van der Waals surface area contributed by atoms with Gasteiger partial charge in [-0.1, -0.05) is 78.6 Å². The monoisotopic (exact) mass is 408 g/mol. The molecule has 0 saturated carbocycles. The molecule has 0 radical (unpaired) electrons. The minimum Gasteiger partial charge on any atom is -0.497 e. The van der Waals surface area contributed by atoms with E-state index in [9.17, 15) is 0 Å². The van der Waals surface area contributed by atoms with Crippen molar-refractivity contribution >= 4 is 21.5 Å². The zero-order valence-electron chi connectivity index (χ0n) is 17.7. The van der Waals surface area contributed by atoms with Crippen molar-refractivity contribution in [3.8, 4) is 40.6 Å². The largest absolute Gasteiger partial charge is 0.497 e. The minimum atomic E-state index is 0.818. The fraction of sp³-hybridized carbons (Fsp3) is 0.0323. The van der Waals surface area contributed by atoms with Crippen molar-refractivity contribution in [2.24, 2.45) is 0 Å². The molecule has 150 valence electrons. The van der Waals surface area contributed by atoms with E-state index < -0.39 is 0 Å². The zero-order valence-corrected chi connectivity index (χ0v) is 17.7. The summed E-state index contributed by atoms with van der Waals surface area (Å²) < 4.78 is 5.18. The first-order valence-corrected chi connectivity index (χ1v) is 10.5. The zero-order chi connectivity index (χ0) is 21.8. The van der Waals surface area contributed by atoms with Gasteiger partial charge in [-0.05, 0) is 80.9 Å². The van der Waals surface area contributed by atoms with Crippen molar-refractivity contribution in [2.45, 2.75) is 0 Å². The summed E-state index contributed by atoms with van der Waals surface area (Å²) in [5.74, 6) is 13.1. The summed E-state index contributed by atoms with van der Waals surface area (Å²) in [7, 11) is 1.65. The van der Waals surface area contributed by atoms with Crippen molar-refractivity contribution in [1.29, 1.82) is 0 Å². The number of hydrogen-bond donors (Lipinski definition) is 0. The first-order chi connectivity index (χ1) is 15.8. The number of hydrogen-bond acceptors (Lipinski definition) is 1. The molecule has 1 heteroatoms. The van der Waals surface area contributed by atoms with Gasteiger partial charge < -0.3 is 4.74 Å². The molecular weight excluding hydrogens is 388 g/mol. The van der Waals surface area contributed by atoms with E-state index in [0.717, 1.165) is 28.0 Å². The minimum absolute atomic E-state index is 0.818. The van der Waals surface area contributed by atoms with E-state index in [1.54, 1.807) is 7.11 Å². The maximum Gasteiger partial charge on any atom is 0.118 e. The normalized spacial score (nSPS) is 10.2. The lowest BCUT2D eigenvalue weighted by molar-refractivity contribution is 0.415. The summed E-state index contributed by atoms with van der Waals surface area (Å²) in [6, 6.07) is 35.4. The summed E-state index contributed by atoms with van der Waals surface area (Å²) in [6.07, 6.45) is 0. The SMILES string of the molecule is COc1ccc(C#CC#Cc2ccccc2-c2ccc3c(ccc4ccccc43)c2)cc1. The molecule has 5 aromatic carbocycles. The van der Waals surface area contributed by atoms with Crippen LogP contribution in [0.2, 0.25) is 0 Å². The number of ether oxygens (including phenoxy) is 1. The molecule has 0 spiro atoms. The van der Waals surface area contributed by atoms with Crippen LogP contribution in [0.4, 0.5) is 0 Å². The molecule has 0 aliphatic heterocycles. The van der Waals surface area contributed by atoms with E-state index >= 15 is 0 Å². The summed E-state index contributed by atoms with van der Waals surface area (Å²) >= 11 is 0. The summed E-state index contributed by atoms with van der Waals surface area (Å²) in [5.41, 5.74) is 4.15. The van der Waals surface area contributed by atoms with Gasteiger partial charge in [0.05, 0.1) is 7.11 Å². The Hall–Kier alpha value is -4.46. The van der Waals surface area contributed by atoms with Gasteiger partial charge in [0.25, 0.3) is 0 Å². The van der Waals surface area contributed by atoms with Crippen LogP contribution < -0.4 is 4.74 Å². The van der Waals surface area contributed by atoms with E-state index in [1.165, 1.54) is 21.5 Å². The van der Waals surface area contributed by atoms with E-state index in [-0.39, 0.29) is 0 Å². The lowest BCUT2D eigenvalue weighted by atomic mass is 9.95. The van der Waals surface area contributed by atoms with Crippen molar-refractivity contribution in [3.05, 3.63) is 114 Å². The van der Waals surface area contributed by atoms with Gasteiger partial charge in [0.15, 0.2) is 0 Å². The molecule has 0 N–H and O–H groups in total. The quantitative estimate of drug-likeness (QED) is 0.224. The Morgan fingerprint density at radius 2 is 1.31 bits per heavy atom. The van der Waals surface area contributed by atoms with Crippen LogP contribution in [0.5, 0.6) is 5.75 Å². The average molecular weight is 409 g/mol. The molecule has 0 saturated heterocycles. The third-order valence-electron chi connectivity index (χ3n) is 5.54. The van der Waals surface area contributed by atoms with E-state index in [2.05, 4.69) is 84.3 Å². The molecule has 5 aromatic rings. The van der Waals surface area contributed by atoms with Crippen molar-refractivity contribution in [2.75, 3.05) is 7.11 Å². The molecule has 0 aliphatic carbocycles. The maximum atomic E-state index is 5.18. The van der Waals surface area contributed by atoms with Crippen LogP contribution in [0, 0.1) is 23.7 Å². The highest BCUT2D eigenvalue weighted by Gasteiger charge is 2.06. The molecule has 0 aromatic heterocycles. The Bertz CT molecular complexity index is 1550. The van der Waals surface area contributed by atoms with Crippen LogP contribution in [-0.4, -0.2) is 7.11 Å². The van der Waals surface area contributed by atoms with E-state index in [0.29, 0.717) is 0 Å². The van der Waals surface area contributed by atoms with Crippen molar-refractivity contribution in [3.63, 3.8) is 0 Å². The first kappa shape index (κ1) is 19.5. The molecule has 0 heterocycles. The van der Waals surface area contributed by atoms with Crippen LogP contribution in [0.1, 0.15) is 11.1 Å². The molecule has 0 bridgehead atoms. The highest BCUT2D eigenvalue weighted by molar-refractivity contribution is 6.08. The fourth-order valence-corrected chi connectivity index (χ4v) is 3.90. The molecule has 0 fully saturated rings. The standard InChI is InChI=1S/C31H20O/c1-32-28-19-14-23(15-20-28)8-2-3-9-24-10-4-6-12-29(24)26-18-21-31-27(22-26)17-16-25-11-5-7-13-30(25)31/h4-7,10-22H,1H3. The first-order valence-electron chi connectivity index (χ1n) is 10.5. The molecule has 0 amide bonds. The van der Waals surface area contributed by atoms with Crippen LogP contribution in [-0.2, 0) is 0 Å². The second-order valence-electron chi connectivity index (χ2n) is 7.50. The Labute approximate surface area is 188 Å². The predicted octanol–water partition coefficient (Wildman–Crippen LogP) is 7.07. The van der Waals surface area contributed by atoms with Gasteiger partial charge in [-0.15, -0.1) is 0 Å². The lowest BCUT2D eigenvalue weighted by Crippen LogP contribution is -1.85. The number of rotatable bonds is 2. The molecular formula is C31H20O. The summed E-state index contributed by atoms with van der Waals surface area (Å²) in [4.78, 5) is 0. The Morgan fingerprint density at radius 3 is 2.19 bits per heavy atom. The van der Waals surface area contributed by atoms with Gasteiger partial charge in [0, 0.05) is 11.1 Å². The number of methoxy groups -OCH3 is 1. The second kappa shape index (κ2) is 8.73. The maximum absolute atomic E-state index is 5.18. The Morgan fingerprint density at radius 1 is 0.594 bits per heavy atom. The molecule has 0 atom stereocenters. The van der Waals surface area contributed by atoms with Gasteiger partial charge >= 0.3 is 0 Å². The topological polar surface area (TPSA) is 9.23 Å². The molecule has 0 aliphatic rings. The Kier molecular flexibility index (Phi) is 5.32.